The van der Waals surface area contributed by atoms with Gasteiger partial charge in [0.1, 0.15) is 0 Å². The van der Waals surface area contributed by atoms with E-state index in [-0.39, 0.29) is 5.92 Å². The summed E-state index contributed by atoms with van der Waals surface area (Å²) in [5.41, 5.74) is 1.83. The molecule has 0 bridgehead atoms. The van der Waals surface area contributed by atoms with Crippen LogP contribution < -0.4 is 5.32 Å². The van der Waals surface area contributed by atoms with Gasteiger partial charge in [-0.1, -0.05) is 30.7 Å². The van der Waals surface area contributed by atoms with Crippen molar-refractivity contribution in [2.24, 2.45) is 47.3 Å². The molecule has 3 fully saturated rings. The topological polar surface area (TPSA) is 29.1 Å². The summed E-state index contributed by atoms with van der Waals surface area (Å²) in [7, 11) is 0. The molecule has 8 atom stereocenters. The van der Waals surface area contributed by atoms with Crippen molar-refractivity contribution >= 4 is 5.91 Å². The van der Waals surface area contributed by atoms with E-state index in [4.69, 9.17) is 0 Å². The van der Waals surface area contributed by atoms with Gasteiger partial charge >= 0.3 is 0 Å². The molecule has 0 radical (unpaired) electrons. The Hall–Kier alpha value is -1.05. The van der Waals surface area contributed by atoms with Crippen LogP contribution in [-0.2, 0) is 4.79 Å². The summed E-state index contributed by atoms with van der Waals surface area (Å²) in [4.78, 5) is 12.6. The number of hydrogen-bond acceptors (Lipinski definition) is 1. The van der Waals surface area contributed by atoms with Crippen LogP contribution in [0, 0.1) is 47.3 Å². The maximum atomic E-state index is 12.6. The Kier molecular flexibility index (Phi) is 5.41. The molecule has 0 aromatic heterocycles. The van der Waals surface area contributed by atoms with Crippen LogP contribution in [0.4, 0.5) is 0 Å². The third-order valence-electron chi connectivity index (χ3n) is 9.30. The number of hydrogen-bond donors (Lipinski definition) is 1. The standard InChI is InChI=1S/C26H39NO/c1-2-15-27-26(28)19-8-7-18-10-12-23-22-11-9-17-5-3-4-6-20(17)21(22)13-14-24(23)25(18)16-19/h4,6,13,17-20,22-25H,2-3,5,7-12,14-16H2,1H3,(H,27,28). The lowest BCUT2D eigenvalue weighted by atomic mass is 9.51. The molecule has 0 heterocycles. The largest absolute Gasteiger partial charge is 0.356 e. The molecule has 0 aromatic carbocycles. The van der Waals surface area contributed by atoms with Crippen molar-refractivity contribution in [1.29, 1.82) is 0 Å². The molecule has 2 nitrogen and oxygen atoms in total. The number of allylic oxidation sites excluding steroid dienone is 4. The van der Waals surface area contributed by atoms with E-state index in [1.165, 1.54) is 57.8 Å². The Morgan fingerprint density at radius 3 is 2.75 bits per heavy atom. The van der Waals surface area contributed by atoms with Crippen LogP contribution in [0.15, 0.2) is 23.8 Å². The zero-order valence-corrected chi connectivity index (χ0v) is 17.7. The van der Waals surface area contributed by atoms with Crippen LogP contribution in [0.2, 0.25) is 0 Å². The van der Waals surface area contributed by atoms with Crippen LogP contribution in [-0.4, -0.2) is 12.5 Å². The van der Waals surface area contributed by atoms with Crippen molar-refractivity contribution in [1.82, 2.24) is 5.32 Å². The predicted molar refractivity (Wildman–Crippen MR) is 115 cm³/mol. The Bertz CT molecular complexity index is 649. The second kappa shape index (κ2) is 8.00. The summed E-state index contributed by atoms with van der Waals surface area (Å²) in [5.74, 6) is 6.68. The minimum atomic E-state index is 0.286. The average Bonchev–Trinajstić information content (AvgIpc) is 2.76. The van der Waals surface area contributed by atoms with Crippen LogP contribution in [0.25, 0.3) is 0 Å². The predicted octanol–water partition coefficient (Wildman–Crippen LogP) is 5.89. The first-order chi connectivity index (χ1) is 13.8. The molecule has 1 amide bonds. The molecule has 5 rings (SSSR count). The van der Waals surface area contributed by atoms with Crippen LogP contribution in [0.1, 0.15) is 77.6 Å². The number of rotatable bonds is 3. The Morgan fingerprint density at radius 2 is 1.86 bits per heavy atom. The smallest absolute Gasteiger partial charge is 0.223 e. The zero-order chi connectivity index (χ0) is 19.1. The first kappa shape index (κ1) is 18.9. The molecular formula is C26H39NO. The molecule has 0 spiro atoms. The first-order valence-electron chi connectivity index (χ1n) is 12.4. The van der Waals surface area contributed by atoms with E-state index in [9.17, 15) is 4.79 Å². The van der Waals surface area contributed by atoms with E-state index in [1.807, 2.05) is 5.57 Å². The SMILES string of the molecule is CCCNC(=O)C1CCC2CCC3C4CCC5CCC=CC5C4=CCC3C2C1. The fourth-order valence-corrected chi connectivity index (χ4v) is 7.99. The van der Waals surface area contributed by atoms with Gasteiger partial charge in [0.25, 0.3) is 0 Å². The molecule has 154 valence electrons. The molecular weight excluding hydrogens is 342 g/mol. The highest BCUT2D eigenvalue weighted by Gasteiger charge is 2.49. The van der Waals surface area contributed by atoms with Crippen LogP contribution in [0.3, 0.4) is 0 Å². The van der Waals surface area contributed by atoms with Crippen LogP contribution in [0.5, 0.6) is 0 Å². The number of carbonyl (C=O) groups is 1. The average molecular weight is 382 g/mol. The second-order valence-electron chi connectivity index (χ2n) is 10.5. The van der Waals surface area contributed by atoms with E-state index < -0.39 is 0 Å². The van der Waals surface area contributed by atoms with Crippen molar-refractivity contribution in [2.75, 3.05) is 6.54 Å². The molecule has 5 aliphatic rings. The quantitative estimate of drug-likeness (QED) is 0.606. The van der Waals surface area contributed by atoms with Crippen LogP contribution >= 0.6 is 0 Å². The van der Waals surface area contributed by atoms with Gasteiger partial charge in [0.2, 0.25) is 5.91 Å². The van der Waals surface area contributed by atoms with Gasteiger partial charge in [0.05, 0.1) is 0 Å². The molecule has 5 aliphatic carbocycles. The van der Waals surface area contributed by atoms with Gasteiger partial charge in [0, 0.05) is 18.4 Å². The molecule has 0 saturated heterocycles. The lowest BCUT2D eigenvalue weighted by molar-refractivity contribution is -0.128. The lowest BCUT2D eigenvalue weighted by Crippen LogP contribution is -2.47. The fourth-order valence-electron chi connectivity index (χ4n) is 7.99. The molecule has 8 unspecified atom stereocenters. The summed E-state index contributed by atoms with van der Waals surface area (Å²) in [6.45, 7) is 2.99. The monoisotopic (exact) mass is 381 g/mol. The minimum Gasteiger partial charge on any atom is -0.356 e. The molecule has 28 heavy (non-hydrogen) atoms. The van der Waals surface area contributed by atoms with Gasteiger partial charge in [0.15, 0.2) is 0 Å². The molecule has 3 saturated carbocycles. The van der Waals surface area contributed by atoms with Crippen molar-refractivity contribution in [3.8, 4) is 0 Å². The normalized spacial score (nSPS) is 44.4. The fraction of sp³-hybridized carbons (Fsp3) is 0.808. The number of amides is 1. The Balaban J connectivity index is 1.33. The van der Waals surface area contributed by atoms with Crippen molar-refractivity contribution < 1.29 is 4.79 Å². The van der Waals surface area contributed by atoms with E-state index in [2.05, 4.69) is 30.5 Å². The van der Waals surface area contributed by atoms with Gasteiger partial charge < -0.3 is 5.32 Å². The number of nitrogens with one attached hydrogen (secondary N) is 1. The van der Waals surface area contributed by atoms with Crippen molar-refractivity contribution in [3.05, 3.63) is 23.8 Å². The van der Waals surface area contributed by atoms with E-state index >= 15 is 0 Å². The Morgan fingerprint density at radius 1 is 1.00 bits per heavy atom. The molecule has 2 heteroatoms. The first-order valence-corrected chi connectivity index (χ1v) is 12.4. The summed E-state index contributed by atoms with van der Waals surface area (Å²) < 4.78 is 0. The van der Waals surface area contributed by atoms with Gasteiger partial charge in [-0.3, -0.25) is 4.79 Å². The van der Waals surface area contributed by atoms with Crippen molar-refractivity contribution in [2.45, 2.75) is 77.6 Å². The third-order valence-corrected chi connectivity index (χ3v) is 9.30. The van der Waals surface area contributed by atoms with E-state index in [1.54, 1.807) is 0 Å². The summed E-state index contributed by atoms with van der Waals surface area (Å²) in [5, 5.41) is 3.19. The van der Waals surface area contributed by atoms with E-state index in [0.29, 0.717) is 5.91 Å². The lowest BCUT2D eigenvalue weighted by Gasteiger charge is -2.54. The second-order valence-corrected chi connectivity index (χ2v) is 10.5. The molecule has 1 N–H and O–H groups in total. The highest BCUT2D eigenvalue weighted by molar-refractivity contribution is 5.78. The zero-order valence-electron chi connectivity index (χ0n) is 17.7. The van der Waals surface area contributed by atoms with Crippen molar-refractivity contribution in [3.63, 3.8) is 0 Å². The van der Waals surface area contributed by atoms with Gasteiger partial charge in [-0.25, -0.2) is 0 Å². The highest BCUT2D eigenvalue weighted by Crippen LogP contribution is 2.58. The summed E-state index contributed by atoms with van der Waals surface area (Å²) in [6.07, 6.45) is 22.2. The summed E-state index contributed by atoms with van der Waals surface area (Å²) >= 11 is 0. The third kappa shape index (κ3) is 3.29. The minimum absolute atomic E-state index is 0.286. The summed E-state index contributed by atoms with van der Waals surface area (Å²) in [6, 6.07) is 0. The molecule has 0 aromatic rings. The van der Waals surface area contributed by atoms with E-state index in [0.717, 1.165) is 60.8 Å². The van der Waals surface area contributed by atoms with Gasteiger partial charge in [-0.15, -0.1) is 0 Å². The Labute approximate surface area is 171 Å². The maximum Gasteiger partial charge on any atom is 0.223 e. The highest BCUT2D eigenvalue weighted by atomic mass is 16.1. The number of fused-ring (bicyclic) bond motifs is 7. The maximum absolute atomic E-state index is 12.6. The molecule has 0 aliphatic heterocycles. The van der Waals surface area contributed by atoms with Gasteiger partial charge in [-0.05, 0) is 106 Å². The van der Waals surface area contributed by atoms with Gasteiger partial charge in [-0.2, -0.15) is 0 Å². The number of carbonyl (C=O) groups excluding carboxylic acids is 1.